The maximum atomic E-state index is 5.87. The molecule has 1 aromatic carbocycles. The number of rotatable bonds is 7. The molecule has 0 bridgehead atoms. The molecule has 4 heteroatoms. The summed E-state index contributed by atoms with van der Waals surface area (Å²) >= 11 is 0. The van der Waals surface area contributed by atoms with Crippen LogP contribution >= 0.6 is 0 Å². The van der Waals surface area contributed by atoms with Gasteiger partial charge in [-0.05, 0) is 33.0 Å². The number of benzene rings is 1. The summed E-state index contributed by atoms with van der Waals surface area (Å²) in [7, 11) is 5.90. The molecule has 1 unspecified atom stereocenters. The van der Waals surface area contributed by atoms with Gasteiger partial charge in [0.25, 0.3) is 0 Å². The van der Waals surface area contributed by atoms with Gasteiger partial charge in [-0.25, -0.2) is 0 Å². The number of hydrazine groups is 1. The van der Waals surface area contributed by atoms with E-state index in [1.165, 1.54) is 0 Å². The quantitative estimate of drug-likeness (QED) is 0.587. The molecule has 3 N–H and O–H groups in total. The van der Waals surface area contributed by atoms with E-state index >= 15 is 0 Å². The number of para-hydroxylation sites is 1. The minimum absolute atomic E-state index is 0.0219. The van der Waals surface area contributed by atoms with Crippen LogP contribution in [0.5, 0.6) is 5.75 Å². The first kappa shape index (κ1) is 16.0. The summed E-state index contributed by atoms with van der Waals surface area (Å²) in [6.45, 7) is 4.40. The summed E-state index contributed by atoms with van der Waals surface area (Å²) in [5.74, 6) is 6.74. The number of nitrogens with one attached hydrogen (secondary N) is 1. The van der Waals surface area contributed by atoms with Crippen molar-refractivity contribution in [3.05, 3.63) is 29.8 Å². The Morgan fingerprint density at radius 3 is 2.26 bits per heavy atom. The third-order valence-corrected chi connectivity index (χ3v) is 4.27. The highest BCUT2D eigenvalue weighted by atomic mass is 16.5. The standard InChI is InChI=1S/C15H27N3O/c1-6-15(7-2,18(3)4)14(17-16)12-10-8-9-11-13(12)19-5/h8-11,14,17H,6-7,16H2,1-5H3. The third kappa shape index (κ3) is 2.91. The largest absolute Gasteiger partial charge is 0.496 e. The molecule has 0 spiro atoms. The Morgan fingerprint density at radius 2 is 1.84 bits per heavy atom. The Bertz CT molecular complexity index is 389. The predicted octanol–water partition coefficient (Wildman–Crippen LogP) is 2.32. The number of nitrogens with zero attached hydrogens (tertiary/aromatic N) is 1. The molecule has 0 heterocycles. The molecule has 0 aliphatic carbocycles. The zero-order valence-electron chi connectivity index (χ0n) is 12.7. The minimum atomic E-state index is -0.0383. The number of ether oxygens (including phenoxy) is 1. The number of nitrogens with two attached hydrogens (primary N) is 1. The van der Waals surface area contributed by atoms with E-state index in [4.69, 9.17) is 10.6 Å². The Morgan fingerprint density at radius 1 is 1.26 bits per heavy atom. The first-order valence-electron chi connectivity index (χ1n) is 6.83. The fourth-order valence-corrected chi connectivity index (χ4v) is 2.99. The summed E-state index contributed by atoms with van der Waals surface area (Å²) in [6.07, 6.45) is 2.01. The second kappa shape index (κ2) is 6.89. The zero-order chi connectivity index (χ0) is 14.5. The highest BCUT2D eigenvalue weighted by Crippen LogP contribution is 2.38. The molecule has 0 fully saturated rings. The molecular weight excluding hydrogens is 238 g/mol. The van der Waals surface area contributed by atoms with Crippen LogP contribution in [0.1, 0.15) is 38.3 Å². The van der Waals surface area contributed by atoms with Crippen molar-refractivity contribution < 1.29 is 4.74 Å². The van der Waals surface area contributed by atoms with E-state index in [0.29, 0.717) is 0 Å². The molecule has 0 radical (unpaired) electrons. The van der Waals surface area contributed by atoms with Crippen LogP contribution in [0.15, 0.2) is 24.3 Å². The fourth-order valence-electron chi connectivity index (χ4n) is 2.99. The van der Waals surface area contributed by atoms with E-state index in [1.807, 2.05) is 18.2 Å². The van der Waals surface area contributed by atoms with Crippen molar-refractivity contribution in [2.75, 3.05) is 21.2 Å². The van der Waals surface area contributed by atoms with Crippen LogP contribution < -0.4 is 16.0 Å². The van der Waals surface area contributed by atoms with Crippen molar-refractivity contribution in [1.29, 1.82) is 0 Å². The van der Waals surface area contributed by atoms with Crippen LogP contribution in [0.4, 0.5) is 0 Å². The molecule has 108 valence electrons. The molecule has 0 aromatic heterocycles. The molecule has 19 heavy (non-hydrogen) atoms. The molecule has 1 rings (SSSR count). The first-order chi connectivity index (χ1) is 9.07. The highest BCUT2D eigenvalue weighted by molar-refractivity contribution is 5.38. The second-order valence-electron chi connectivity index (χ2n) is 5.05. The molecule has 4 nitrogen and oxygen atoms in total. The minimum Gasteiger partial charge on any atom is -0.496 e. The number of likely N-dealkylation sites (N-methyl/N-ethyl adjacent to an activating group) is 1. The van der Waals surface area contributed by atoms with Gasteiger partial charge >= 0.3 is 0 Å². The van der Waals surface area contributed by atoms with Gasteiger partial charge in [-0.2, -0.15) is 0 Å². The normalized spacial score (nSPS) is 13.6. The molecular formula is C15H27N3O. The van der Waals surface area contributed by atoms with E-state index in [-0.39, 0.29) is 11.6 Å². The van der Waals surface area contributed by atoms with Gasteiger partial charge in [0.15, 0.2) is 0 Å². The van der Waals surface area contributed by atoms with Gasteiger partial charge in [0.1, 0.15) is 5.75 Å². The fraction of sp³-hybridized carbons (Fsp3) is 0.600. The van der Waals surface area contributed by atoms with Crippen molar-refractivity contribution in [2.45, 2.75) is 38.3 Å². The Balaban J connectivity index is 3.31. The Hall–Kier alpha value is -1.10. The first-order valence-corrected chi connectivity index (χ1v) is 6.83. The maximum Gasteiger partial charge on any atom is 0.123 e. The molecule has 0 saturated heterocycles. The van der Waals surface area contributed by atoms with Gasteiger partial charge in [-0.3, -0.25) is 11.3 Å². The van der Waals surface area contributed by atoms with Crippen LogP contribution in [-0.4, -0.2) is 31.6 Å². The SMILES string of the molecule is CCC(CC)(C(NN)c1ccccc1OC)N(C)C. The van der Waals surface area contributed by atoms with Gasteiger partial charge in [0.05, 0.1) is 13.2 Å². The lowest BCUT2D eigenvalue weighted by Crippen LogP contribution is -2.54. The Kier molecular flexibility index (Phi) is 5.79. The average molecular weight is 265 g/mol. The van der Waals surface area contributed by atoms with Crippen LogP contribution in [-0.2, 0) is 0 Å². The lowest BCUT2D eigenvalue weighted by molar-refractivity contribution is 0.0869. The van der Waals surface area contributed by atoms with Gasteiger partial charge in [0, 0.05) is 11.1 Å². The Labute approximate surface area is 116 Å². The summed E-state index contributed by atoms with van der Waals surface area (Å²) in [6, 6.07) is 8.07. The molecule has 0 aliphatic heterocycles. The van der Waals surface area contributed by atoms with Gasteiger partial charge < -0.3 is 9.64 Å². The second-order valence-corrected chi connectivity index (χ2v) is 5.05. The lowest BCUT2D eigenvalue weighted by Gasteiger charge is -2.45. The lowest BCUT2D eigenvalue weighted by atomic mass is 9.79. The van der Waals surface area contributed by atoms with E-state index in [1.54, 1.807) is 7.11 Å². The molecule has 1 atom stereocenters. The van der Waals surface area contributed by atoms with E-state index in [0.717, 1.165) is 24.2 Å². The zero-order valence-corrected chi connectivity index (χ0v) is 12.7. The van der Waals surface area contributed by atoms with Crippen molar-refractivity contribution >= 4 is 0 Å². The van der Waals surface area contributed by atoms with Crippen molar-refractivity contribution in [3.63, 3.8) is 0 Å². The van der Waals surface area contributed by atoms with E-state index < -0.39 is 0 Å². The molecule has 0 saturated carbocycles. The topological polar surface area (TPSA) is 50.5 Å². The molecule has 0 aliphatic rings. The average Bonchev–Trinajstić information content (AvgIpc) is 2.44. The van der Waals surface area contributed by atoms with E-state index in [2.05, 4.69) is 44.3 Å². The summed E-state index contributed by atoms with van der Waals surface area (Å²) < 4.78 is 5.48. The highest BCUT2D eigenvalue weighted by Gasteiger charge is 2.39. The number of methoxy groups -OCH3 is 1. The predicted molar refractivity (Wildman–Crippen MR) is 80.1 cm³/mol. The smallest absolute Gasteiger partial charge is 0.123 e. The van der Waals surface area contributed by atoms with Crippen LogP contribution in [0.3, 0.4) is 0 Å². The molecule has 0 amide bonds. The monoisotopic (exact) mass is 265 g/mol. The van der Waals surface area contributed by atoms with Gasteiger partial charge in [0.2, 0.25) is 0 Å². The van der Waals surface area contributed by atoms with Gasteiger partial charge in [-0.15, -0.1) is 0 Å². The van der Waals surface area contributed by atoms with Crippen molar-refractivity contribution in [3.8, 4) is 5.75 Å². The van der Waals surface area contributed by atoms with Crippen LogP contribution in [0.25, 0.3) is 0 Å². The van der Waals surface area contributed by atoms with Crippen molar-refractivity contribution in [1.82, 2.24) is 10.3 Å². The third-order valence-electron chi connectivity index (χ3n) is 4.27. The summed E-state index contributed by atoms with van der Waals surface area (Å²) in [5, 5.41) is 0. The summed E-state index contributed by atoms with van der Waals surface area (Å²) in [5.41, 5.74) is 4.06. The number of hydrogen-bond donors (Lipinski definition) is 2. The van der Waals surface area contributed by atoms with Gasteiger partial charge in [-0.1, -0.05) is 32.0 Å². The van der Waals surface area contributed by atoms with Crippen LogP contribution in [0, 0.1) is 0 Å². The maximum absolute atomic E-state index is 5.87. The summed E-state index contributed by atoms with van der Waals surface area (Å²) in [4.78, 5) is 2.25. The molecule has 1 aromatic rings. The van der Waals surface area contributed by atoms with E-state index in [9.17, 15) is 0 Å². The van der Waals surface area contributed by atoms with Crippen molar-refractivity contribution in [2.24, 2.45) is 5.84 Å². The van der Waals surface area contributed by atoms with Crippen LogP contribution in [0.2, 0.25) is 0 Å². The number of hydrogen-bond acceptors (Lipinski definition) is 4.